The van der Waals surface area contributed by atoms with Gasteiger partial charge in [0.2, 0.25) is 5.82 Å². The number of nitrogens with two attached hydrogens (primary N) is 1. The van der Waals surface area contributed by atoms with E-state index in [-0.39, 0.29) is 30.5 Å². The Labute approximate surface area is 217 Å². The number of carbonyl (C=O) groups excluding carboxylic acids is 3. The van der Waals surface area contributed by atoms with Crippen molar-refractivity contribution in [1.82, 2.24) is 20.6 Å². The van der Waals surface area contributed by atoms with E-state index in [1.54, 1.807) is 40.1 Å². The minimum Gasteiger partial charge on any atom is -0.444 e. The number of nitrogens with zero attached hydrogens (tertiary/aromatic N) is 2. The summed E-state index contributed by atoms with van der Waals surface area (Å²) in [5.41, 5.74) is 6.87. The number of hydrogen-bond donors (Lipinski definition) is 3. The molecule has 0 radical (unpaired) electrons. The Kier molecular flexibility index (Phi) is 9.34. The van der Waals surface area contributed by atoms with Crippen molar-refractivity contribution in [2.45, 2.75) is 58.1 Å². The number of ketones is 1. The molecule has 0 spiro atoms. The van der Waals surface area contributed by atoms with Gasteiger partial charge < -0.3 is 25.8 Å². The fourth-order valence-corrected chi connectivity index (χ4v) is 3.91. The monoisotopic (exact) mass is 511 g/mol. The maximum Gasteiger partial charge on any atom is 0.408 e. The van der Waals surface area contributed by atoms with E-state index in [1.807, 2.05) is 24.3 Å². The third-order valence-corrected chi connectivity index (χ3v) is 6.01. The predicted molar refractivity (Wildman–Crippen MR) is 139 cm³/mol. The van der Waals surface area contributed by atoms with Crippen LogP contribution in [0.4, 0.5) is 4.79 Å². The Morgan fingerprint density at radius 2 is 1.73 bits per heavy atom. The summed E-state index contributed by atoms with van der Waals surface area (Å²) in [7, 11) is 0. The lowest BCUT2D eigenvalue weighted by atomic mass is 9.88. The zero-order chi connectivity index (χ0) is 27.1. The second kappa shape index (κ2) is 12.2. The van der Waals surface area contributed by atoms with Crippen LogP contribution in [-0.2, 0) is 20.7 Å². The number of carbonyl (C=O) groups is 3. The molecule has 200 valence electrons. The van der Waals surface area contributed by atoms with Crippen molar-refractivity contribution >= 4 is 17.8 Å². The molecule has 1 aliphatic rings. The first-order valence-corrected chi connectivity index (χ1v) is 12.5. The van der Waals surface area contributed by atoms with Crippen molar-refractivity contribution in [2.24, 2.45) is 11.7 Å². The highest BCUT2D eigenvalue weighted by Crippen LogP contribution is 2.22. The van der Waals surface area contributed by atoms with Gasteiger partial charge in [0.15, 0.2) is 5.78 Å². The zero-order valence-corrected chi connectivity index (χ0v) is 22.0. The molecule has 1 unspecified atom stereocenters. The summed E-state index contributed by atoms with van der Waals surface area (Å²) in [6.45, 7) is 8.68. The molecule has 1 aromatic heterocycles. The number of ether oxygens (including phenoxy) is 2. The molecule has 10 heteroatoms. The Hall–Kier alpha value is -3.37. The summed E-state index contributed by atoms with van der Waals surface area (Å²) >= 11 is 0. The highest BCUT2D eigenvalue weighted by Gasteiger charge is 2.29. The quantitative estimate of drug-likeness (QED) is 0.466. The van der Waals surface area contributed by atoms with Crippen LogP contribution in [0, 0.1) is 5.92 Å². The van der Waals surface area contributed by atoms with Crippen LogP contribution < -0.4 is 16.4 Å². The Bertz CT molecular complexity index is 1090. The van der Waals surface area contributed by atoms with Gasteiger partial charge >= 0.3 is 6.09 Å². The summed E-state index contributed by atoms with van der Waals surface area (Å²) < 4.78 is 10.5. The van der Waals surface area contributed by atoms with Crippen molar-refractivity contribution in [1.29, 1.82) is 0 Å². The van der Waals surface area contributed by atoms with Gasteiger partial charge in [-0.25, -0.2) is 14.8 Å². The number of hydrogen-bond acceptors (Lipinski definition) is 8. The molecule has 10 nitrogen and oxygen atoms in total. The molecule has 37 heavy (non-hydrogen) atoms. The third kappa shape index (κ3) is 8.91. The lowest BCUT2D eigenvalue weighted by Gasteiger charge is -2.24. The fourth-order valence-electron chi connectivity index (χ4n) is 3.91. The first kappa shape index (κ1) is 28.2. The normalized spacial score (nSPS) is 15.9. The number of alkyl carbamates (subject to hydrolysis) is 1. The maximum atomic E-state index is 12.7. The van der Waals surface area contributed by atoms with Gasteiger partial charge in [-0.2, -0.15) is 0 Å². The van der Waals surface area contributed by atoms with Crippen LogP contribution >= 0.6 is 0 Å². The predicted octanol–water partition coefficient (Wildman–Crippen LogP) is 2.65. The SMILES string of the molecule is CC(C)(C)OC(=O)NCC(=O)C(C)(N)Cc1cccc(-c2cnc(C(=O)NCC3CCOCC3)nc2)c1. The molecule has 4 N–H and O–H groups in total. The first-order valence-electron chi connectivity index (χ1n) is 12.5. The highest BCUT2D eigenvalue weighted by atomic mass is 16.6. The number of nitrogens with one attached hydrogen (secondary N) is 2. The summed E-state index contributed by atoms with van der Waals surface area (Å²) in [6.07, 6.45) is 4.68. The van der Waals surface area contributed by atoms with E-state index < -0.39 is 17.2 Å². The Morgan fingerprint density at radius 1 is 1.05 bits per heavy atom. The van der Waals surface area contributed by atoms with Gasteiger partial charge in [0.25, 0.3) is 5.91 Å². The average Bonchev–Trinajstić information content (AvgIpc) is 2.85. The zero-order valence-electron chi connectivity index (χ0n) is 22.0. The highest BCUT2D eigenvalue weighted by molar-refractivity contribution is 5.92. The van der Waals surface area contributed by atoms with Crippen LogP contribution in [0.5, 0.6) is 0 Å². The van der Waals surface area contributed by atoms with Crippen LogP contribution in [0.2, 0.25) is 0 Å². The first-order chi connectivity index (χ1) is 17.4. The smallest absolute Gasteiger partial charge is 0.408 e. The minimum atomic E-state index is -1.20. The summed E-state index contributed by atoms with van der Waals surface area (Å²) in [5.74, 6) is -0.0927. The van der Waals surface area contributed by atoms with Gasteiger partial charge in [-0.05, 0) is 64.0 Å². The molecule has 1 saturated heterocycles. The standard InChI is InChI=1S/C27H37N5O5/c1-26(2,3)37-25(35)32-17-22(33)27(4,28)13-19-6-5-7-20(12-19)21-15-29-23(30-16-21)24(34)31-14-18-8-10-36-11-9-18/h5-7,12,15-16,18H,8-11,13-14,17,28H2,1-4H3,(H,31,34)(H,32,35). The molecule has 0 bridgehead atoms. The van der Waals surface area contributed by atoms with Gasteiger partial charge in [0.1, 0.15) is 5.60 Å². The van der Waals surface area contributed by atoms with E-state index in [0.29, 0.717) is 12.5 Å². The van der Waals surface area contributed by atoms with Crippen LogP contribution in [0.25, 0.3) is 11.1 Å². The molecular weight excluding hydrogens is 474 g/mol. The molecule has 3 rings (SSSR count). The van der Waals surface area contributed by atoms with E-state index in [2.05, 4.69) is 20.6 Å². The largest absolute Gasteiger partial charge is 0.444 e. The van der Waals surface area contributed by atoms with E-state index in [4.69, 9.17) is 15.2 Å². The van der Waals surface area contributed by atoms with Crippen molar-refractivity contribution < 1.29 is 23.9 Å². The number of Topliss-reactive ketones (excluding diaryl/α,β-unsaturated/α-hetero) is 1. The van der Waals surface area contributed by atoms with Crippen LogP contribution in [0.1, 0.15) is 56.7 Å². The molecule has 0 aliphatic carbocycles. The van der Waals surface area contributed by atoms with E-state index in [9.17, 15) is 14.4 Å². The second-order valence-corrected chi connectivity index (χ2v) is 10.6. The van der Waals surface area contributed by atoms with Gasteiger partial charge in [-0.15, -0.1) is 0 Å². The van der Waals surface area contributed by atoms with Crippen LogP contribution in [-0.4, -0.2) is 65.2 Å². The van der Waals surface area contributed by atoms with Gasteiger partial charge in [-0.1, -0.05) is 24.3 Å². The van der Waals surface area contributed by atoms with Crippen LogP contribution in [0.3, 0.4) is 0 Å². The van der Waals surface area contributed by atoms with Gasteiger partial charge in [0.05, 0.1) is 12.1 Å². The molecule has 1 aromatic carbocycles. The number of benzene rings is 1. The van der Waals surface area contributed by atoms with Crippen molar-refractivity contribution in [3.63, 3.8) is 0 Å². The van der Waals surface area contributed by atoms with Crippen molar-refractivity contribution in [2.75, 3.05) is 26.3 Å². The fraction of sp³-hybridized carbons (Fsp3) is 0.519. The maximum absolute atomic E-state index is 12.7. The molecule has 1 aliphatic heterocycles. The molecule has 0 saturated carbocycles. The van der Waals surface area contributed by atoms with Gasteiger partial charge in [0, 0.05) is 37.7 Å². The number of amides is 2. The molecule has 1 fully saturated rings. The summed E-state index contributed by atoms with van der Waals surface area (Å²) in [4.78, 5) is 45.5. The van der Waals surface area contributed by atoms with Crippen molar-refractivity contribution in [3.05, 3.63) is 48.0 Å². The Morgan fingerprint density at radius 3 is 2.38 bits per heavy atom. The van der Waals surface area contributed by atoms with Gasteiger partial charge in [-0.3, -0.25) is 9.59 Å². The molecule has 2 aromatic rings. The number of rotatable bonds is 9. The topological polar surface area (TPSA) is 146 Å². The Balaban J connectivity index is 1.57. The molecule has 1 atom stereocenters. The number of aromatic nitrogens is 2. The minimum absolute atomic E-state index is 0.115. The van der Waals surface area contributed by atoms with E-state index in [0.717, 1.165) is 42.7 Å². The molecule has 2 amide bonds. The van der Waals surface area contributed by atoms with Crippen molar-refractivity contribution in [3.8, 4) is 11.1 Å². The molecular formula is C27H37N5O5. The average molecular weight is 512 g/mol. The van der Waals surface area contributed by atoms with E-state index in [1.165, 1.54) is 0 Å². The lowest BCUT2D eigenvalue weighted by molar-refractivity contribution is -0.122. The lowest BCUT2D eigenvalue weighted by Crippen LogP contribution is -2.51. The third-order valence-electron chi connectivity index (χ3n) is 6.01. The van der Waals surface area contributed by atoms with E-state index >= 15 is 0 Å². The second-order valence-electron chi connectivity index (χ2n) is 10.6. The molecule has 2 heterocycles. The van der Waals surface area contributed by atoms with Crippen LogP contribution in [0.15, 0.2) is 36.7 Å². The summed E-state index contributed by atoms with van der Waals surface area (Å²) in [6, 6.07) is 7.54. The summed E-state index contributed by atoms with van der Waals surface area (Å²) in [5, 5.41) is 5.37.